The number of hydrogen-bond donors (Lipinski definition) is 1. The molecule has 40 heavy (non-hydrogen) atoms. The molecule has 0 saturated heterocycles. The number of nitrogens with one attached hydrogen (secondary N) is 1. The Bertz CT molecular complexity index is 1450. The van der Waals surface area contributed by atoms with Crippen LogP contribution in [0.4, 0.5) is 11.4 Å². The Hall–Kier alpha value is -4.73. The van der Waals surface area contributed by atoms with E-state index in [9.17, 15) is 14.4 Å². The van der Waals surface area contributed by atoms with E-state index in [1.807, 2.05) is 25.1 Å². The molecule has 0 fully saturated rings. The van der Waals surface area contributed by atoms with E-state index in [-0.39, 0.29) is 12.1 Å². The Morgan fingerprint density at radius 2 is 1.48 bits per heavy atom. The number of carbonyl (C=O) groups is 3. The number of amides is 3. The molecule has 0 spiro atoms. The quantitative estimate of drug-likeness (QED) is 0.418. The number of anilines is 2. The van der Waals surface area contributed by atoms with Crippen molar-refractivity contribution in [3.63, 3.8) is 0 Å². The summed E-state index contributed by atoms with van der Waals surface area (Å²) in [6, 6.07) is 15.1. The molecule has 0 bridgehead atoms. The molecule has 0 saturated carbocycles. The van der Waals surface area contributed by atoms with Gasteiger partial charge in [0.2, 0.25) is 5.91 Å². The molecular formula is C30H31N3O7. The number of nitrogens with zero attached hydrogens (tertiary/aromatic N) is 2. The minimum absolute atomic E-state index is 0.250. The van der Waals surface area contributed by atoms with Crippen LogP contribution < -0.4 is 29.2 Å². The van der Waals surface area contributed by atoms with Crippen LogP contribution >= 0.6 is 0 Å². The van der Waals surface area contributed by atoms with E-state index in [0.717, 1.165) is 16.2 Å². The van der Waals surface area contributed by atoms with Crippen molar-refractivity contribution in [2.24, 2.45) is 0 Å². The van der Waals surface area contributed by atoms with Gasteiger partial charge in [-0.15, -0.1) is 0 Å². The van der Waals surface area contributed by atoms with Crippen LogP contribution in [-0.2, 0) is 4.79 Å². The highest BCUT2D eigenvalue weighted by atomic mass is 16.5. The van der Waals surface area contributed by atoms with Gasteiger partial charge in [-0.1, -0.05) is 12.1 Å². The predicted molar refractivity (Wildman–Crippen MR) is 149 cm³/mol. The lowest BCUT2D eigenvalue weighted by Gasteiger charge is -2.41. The average molecular weight is 546 g/mol. The van der Waals surface area contributed by atoms with Crippen molar-refractivity contribution in [2.75, 3.05) is 45.2 Å². The van der Waals surface area contributed by atoms with E-state index in [4.69, 9.17) is 18.9 Å². The van der Waals surface area contributed by atoms with Crippen LogP contribution in [0.25, 0.3) is 0 Å². The molecule has 2 aliphatic heterocycles. The minimum Gasteiger partial charge on any atom is -0.497 e. The van der Waals surface area contributed by atoms with E-state index >= 15 is 0 Å². The van der Waals surface area contributed by atoms with Crippen LogP contribution in [0.15, 0.2) is 54.6 Å². The number of carbonyl (C=O) groups excluding carboxylic acids is 3. The van der Waals surface area contributed by atoms with Gasteiger partial charge in [-0.3, -0.25) is 19.3 Å². The van der Waals surface area contributed by atoms with Gasteiger partial charge in [0.15, 0.2) is 0 Å². The van der Waals surface area contributed by atoms with E-state index in [1.165, 1.54) is 7.11 Å². The zero-order chi connectivity index (χ0) is 28.6. The summed E-state index contributed by atoms with van der Waals surface area (Å²) < 4.78 is 22.2. The predicted octanol–water partition coefficient (Wildman–Crippen LogP) is 4.30. The molecule has 1 N–H and O–H groups in total. The molecular weight excluding hydrogens is 514 g/mol. The molecule has 3 aromatic carbocycles. The molecule has 2 atom stereocenters. The second kappa shape index (κ2) is 10.8. The molecule has 2 unspecified atom stereocenters. The van der Waals surface area contributed by atoms with Gasteiger partial charge in [-0.25, -0.2) is 0 Å². The maximum absolute atomic E-state index is 13.9. The van der Waals surface area contributed by atoms with Crippen molar-refractivity contribution in [3.8, 4) is 23.0 Å². The minimum atomic E-state index is -0.480. The lowest BCUT2D eigenvalue weighted by molar-refractivity contribution is -0.119. The fourth-order valence-electron chi connectivity index (χ4n) is 5.40. The first-order valence-electron chi connectivity index (χ1n) is 12.8. The number of fused-ring (bicyclic) bond motifs is 2. The van der Waals surface area contributed by atoms with Gasteiger partial charge in [-0.05, 0) is 43.7 Å². The van der Waals surface area contributed by atoms with Crippen molar-refractivity contribution in [2.45, 2.75) is 25.4 Å². The van der Waals surface area contributed by atoms with E-state index < -0.39 is 24.3 Å². The van der Waals surface area contributed by atoms with Crippen LogP contribution in [0.5, 0.6) is 23.0 Å². The maximum Gasteiger partial charge on any atom is 0.262 e. The number of methoxy groups -OCH3 is 4. The Morgan fingerprint density at radius 1 is 0.850 bits per heavy atom. The second-order valence-corrected chi connectivity index (χ2v) is 9.62. The number of ether oxygens (including phenoxy) is 4. The fraction of sp³-hybridized carbons (Fsp3) is 0.300. The zero-order valence-corrected chi connectivity index (χ0v) is 23.0. The van der Waals surface area contributed by atoms with Crippen molar-refractivity contribution >= 4 is 29.1 Å². The van der Waals surface area contributed by atoms with Crippen LogP contribution in [0, 0.1) is 0 Å². The maximum atomic E-state index is 13.9. The average Bonchev–Trinajstić information content (AvgIpc) is 3.21. The SMILES string of the molecule is COc1ccc(NC2CC(C)N(C(=O)CN3C(=O)c4ccccc4C3=O)c3c(OC)cc(OC)cc32)c(OC)c1. The third-order valence-corrected chi connectivity index (χ3v) is 7.35. The molecule has 5 rings (SSSR count). The lowest BCUT2D eigenvalue weighted by atomic mass is 9.90. The molecule has 208 valence electrons. The Labute approximate surface area is 232 Å². The molecule has 3 aromatic rings. The van der Waals surface area contributed by atoms with Gasteiger partial charge < -0.3 is 29.2 Å². The number of hydrogen-bond acceptors (Lipinski definition) is 8. The topological polar surface area (TPSA) is 107 Å². The highest BCUT2D eigenvalue weighted by molar-refractivity contribution is 6.22. The Balaban J connectivity index is 1.52. The summed E-state index contributed by atoms with van der Waals surface area (Å²) >= 11 is 0. The van der Waals surface area contributed by atoms with Gasteiger partial charge in [-0.2, -0.15) is 0 Å². The van der Waals surface area contributed by atoms with E-state index in [2.05, 4.69) is 5.32 Å². The first-order chi connectivity index (χ1) is 19.3. The van der Waals surface area contributed by atoms with Crippen molar-refractivity contribution in [1.82, 2.24) is 4.90 Å². The van der Waals surface area contributed by atoms with Gasteiger partial charge in [0, 0.05) is 23.7 Å². The summed E-state index contributed by atoms with van der Waals surface area (Å²) in [6.45, 7) is 1.53. The summed E-state index contributed by atoms with van der Waals surface area (Å²) in [4.78, 5) is 42.4. The monoisotopic (exact) mass is 545 g/mol. The van der Waals surface area contributed by atoms with Crippen LogP contribution in [0.2, 0.25) is 0 Å². The van der Waals surface area contributed by atoms with Gasteiger partial charge in [0.1, 0.15) is 29.5 Å². The normalized spacial score (nSPS) is 17.7. The summed E-state index contributed by atoms with van der Waals surface area (Å²) in [6.07, 6.45) is 0.520. The second-order valence-electron chi connectivity index (χ2n) is 9.62. The first kappa shape index (κ1) is 26.9. The summed E-state index contributed by atoms with van der Waals surface area (Å²) in [5.41, 5.74) is 2.66. The molecule has 2 heterocycles. The smallest absolute Gasteiger partial charge is 0.262 e. The zero-order valence-electron chi connectivity index (χ0n) is 23.0. The van der Waals surface area contributed by atoms with Gasteiger partial charge in [0.25, 0.3) is 11.8 Å². The molecule has 10 nitrogen and oxygen atoms in total. The largest absolute Gasteiger partial charge is 0.497 e. The first-order valence-corrected chi connectivity index (χ1v) is 12.8. The molecule has 10 heteroatoms. The lowest BCUT2D eigenvalue weighted by Crippen LogP contribution is -2.49. The number of rotatable bonds is 8. The molecule has 2 aliphatic rings. The molecule has 0 aliphatic carbocycles. The van der Waals surface area contributed by atoms with Gasteiger partial charge >= 0.3 is 0 Å². The van der Waals surface area contributed by atoms with E-state index in [1.54, 1.807) is 62.6 Å². The van der Waals surface area contributed by atoms with Crippen molar-refractivity contribution in [3.05, 3.63) is 71.3 Å². The third kappa shape index (κ3) is 4.55. The summed E-state index contributed by atoms with van der Waals surface area (Å²) in [7, 11) is 6.26. The Morgan fingerprint density at radius 3 is 2.08 bits per heavy atom. The van der Waals surface area contributed by atoms with Crippen LogP contribution in [0.1, 0.15) is 45.7 Å². The molecule has 3 amide bonds. The van der Waals surface area contributed by atoms with Crippen LogP contribution in [0.3, 0.4) is 0 Å². The van der Waals surface area contributed by atoms with E-state index in [0.29, 0.717) is 46.2 Å². The van der Waals surface area contributed by atoms with Crippen LogP contribution in [-0.4, -0.2) is 63.6 Å². The molecule has 0 radical (unpaired) electrons. The van der Waals surface area contributed by atoms with Crippen molar-refractivity contribution in [1.29, 1.82) is 0 Å². The fourth-order valence-corrected chi connectivity index (χ4v) is 5.40. The number of benzene rings is 3. The number of imide groups is 1. The summed E-state index contributed by atoms with van der Waals surface area (Å²) in [5.74, 6) is 0.905. The molecule has 0 aromatic heterocycles. The summed E-state index contributed by atoms with van der Waals surface area (Å²) in [5, 5.41) is 3.55. The standard InChI is InChI=1S/C30H31N3O7/c1-17-12-24(31-23-11-10-18(37-2)14-25(23)39-4)22-13-19(38-3)15-26(40-5)28(22)33(17)27(34)16-32-29(35)20-8-6-7-9-21(20)30(32)36/h6-11,13-15,17,24,31H,12,16H2,1-5H3. The third-order valence-electron chi connectivity index (χ3n) is 7.35. The Kier molecular flexibility index (Phi) is 7.25. The highest BCUT2D eigenvalue weighted by Gasteiger charge is 2.41. The van der Waals surface area contributed by atoms with Crippen molar-refractivity contribution < 1.29 is 33.3 Å². The van der Waals surface area contributed by atoms with Gasteiger partial charge in [0.05, 0.1) is 57.0 Å². The highest BCUT2D eigenvalue weighted by Crippen LogP contribution is 2.47.